The maximum absolute atomic E-state index is 13.1. The Morgan fingerprint density at radius 3 is 2.87 bits per heavy atom. The highest BCUT2D eigenvalue weighted by molar-refractivity contribution is 5.97. The molecule has 4 rings (SSSR count). The van der Waals surface area contributed by atoms with E-state index in [1.165, 1.54) is 6.42 Å². The average molecular weight is 312 g/mol. The van der Waals surface area contributed by atoms with Gasteiger partial charge in [-0.2, -0.15) is 0 Å². The fourth-order valence-corrected chi connectivity index (χ4v) is 3.59. The molecule has 1 atom stereocenters. The molecule has 1 aromatic carbocycles. The molecular weight excluding hydrogens is 292 g/mol. The maximum Gasteiger partial charge on any atom is 0.256 e. The summed E-state index contributed by atoms with van der Waals surface area (Å²) in [7, 11) is 0. The van der Waals surface area contributed by atoms with E-state index in [4.69, 9.17) is 4.74 Å². The lowest BCUT2D eigenvalue weighted by Gasteiger charge is -2.50. The third-order valence-electron chi connectivity index (χ3n) is 4.76. The van der Waals surface area contributed by atoms with Crippen molar-refractivity contribution in [1.29, 1.82) is 0 Å². The minimum Gasteiger partial charge on any atom is -0.368 e. The number of morpholine rings is 1. The molecule has 2 heterocycles. The van der Waals surface area contributed by atoms with Crippen LogP contribution in [0.1, 0.15) is 36.5 Å². The summed E-state index contributed by atoms with van der Waals surface area (Å²) >= 11 is 0. The van der Waals surface area contributed by atoms with Crippen molar-refractivity contribution in [3.63, 3.8) is 0 Å². The lowest BCUT2D eigenvalue weighted by Crippen LogP contribution is -2.59. The van der Waals surface area contributed by atoms with Gasteiger partial charge in [0.05, 0.1) is 41.9 Å². The molecule has 6 heteroatoms. The molecule has 1 saturated carbocycles. The van der Waals surface area contributed by atoms with E-state index in [9.17, 15) is 4.79 Å². The van der Waals surface area contributed by atoms with Gasteiger partial charge in [-0.1, -0.05) is 17.3 Å². The minimum absolute atomic E-state index is 0.0394. The third kappa shape index (κ3) is 2.53. The molecule has 2 aromatic rings. The van der Waals surface area contributed by atoms with E-state index in [-0.39, 0.29) is 17.6 Å². The number of benzene rings is 1. The first-order valence-corrected chi connectivity index (χ1v) is 8.10. The van der Waals surface area contributed by atoms with Crippen LogP contribution < -0.4 is 0 Å². The molecule has 0 radical (unpaired) electrons. The summed E-state index contributed by atoms with van der Waals surface area (Å²) in [6, 6.07) is 7.54. The van der Waals surface area contributed by atoms with Crippen LogP contribution in [0.4, 0.5) is 0 Å². The van der Waals surface area contributed by atoms with Gasteiger partial charge in [-0.05, 0) is 38.3 Å². The second-order valence-corrected chi connectivity index (χ2v) is 6.52. The molecule has 1 aliphatic carbocycles. The Kier molecular flexibility index (Phi) is 3.41. The Morgan fingerprint density at radius 1 is 1.35 bits per heavy atom. The first-order valence-electron chi connectivity index (χ1n) is 8.10. The molecular formula is C17H20N4O2. The fraction of sp³-hybridized carbons (Fsp3) is 0.471. The van der Waals surface area contributed by atoms with E-state index in [0.29, 0.717) is 18.7 Å². The normalized spacial score (nSPS) is 22.8. The molecule has 1 saturated heterocycles. The second kappa shape index (κ2) is 5.45. The summed E-state index contributed by atoms with van der Waals surface area (Å²) in [6.07, 6.45) is 6.72. The van der Waals surface area contributed by atoms with Gasteiger partial charge < -0.3 is 9.64 Å². The second-order valence-electron chi connectivity index (χ2n) is 6.52. The number of para-hydroxylation sites is 1. The van der Waals surface area contributed by atoms with Gasteiger partial charge in [-0.3, -0.25) is 4.79 Å². The number of hydrogen-bond donors (Lipinski definition) is 0. The van der Waals surface area contributed by atoms with Crippen LogP contribution in [0.15, 0.2) is 36.7 Å². The highest BCUT2D eigenvalue weighted by Crippen LogP contribution is 2.40. The molecule has 23 heavy (non-hydrogen) atoms. The van der Waals surface area contributed by atoms with Crippen LogP contribution >= 0.6 is 0 Å². The molecule has 1 unspecified atom stereocenters. The predicted octanol–water partition coefficient (Wildman–Crippen LogP) is 2.05. The Bertz CT molecular complexity index is 709. The number of rotatable bonds is 2. The fourth-order valence-electron chi connectivity index (χ4n) is 3.59. The molecule has 1 amide bonds. The molecule has 1 aromatic heterocycles. The van der Waals surface area contributed by atoms with E-state index in [1.54, 1.807) is 17.1 Å². The standard InChI is InChI=1S/C17H20N4O2/c1-13-11-20(12-17(23-13)7-4-8-17)16(22)14-5-2-3-6-15(14)21-10-9-18-19-21/h2-3,5-6,9-10,13H,4,7-8,11-12H2,1H3. The van der Waals surface area contributed by atoms with Crippen LogP contribution in [0.2, 0.25) is 0 Å². The first-order chi connectivity index (χ1) is 11.2. The summed E-state index contributed by atoms with van der Waals surface area (Å²) in [4.78, 5) is 15.0. The van der Waals surface area contributed by atoms with Gasteiger partial charge in [0.1, 0.15) is 0 Å². The molecule has 120 valence electrons. The van der Waals surface area contributed by atoms with Crippen molar-refractivity contribution >= 4 is 5.91 Å². The third-order valence-corrected chi connectivity index (χ3v) is 4.76. The van der Waals surface area contributed by atoms with Crippen LogP contribution in [-0.4, -0.2) is 50.6 Å². The maximum atomic E-state index is 13.1. The predicted molar refractivity (Wildman–Crippen MR) is 84.4 cm³/mol. The highest BCUT2D eigenvalue weighted by atomic mass is 16.5. The van der Waals surface area contributed by atoms with E-state index in [1.807, 2.05) is 36.1 Å². The van der Waals surface area contributed by atoms with Crippen molar-refractivity contribution in [1.82, 2.24) is 19.9 Å². The quantitative estimate of drug-likeness (QED) is 0.851. The number of aromatic nitrogens is 3. The first kappa shape index (κ1) is 14.4. The lowest BCUT2D eigenvalue weighted by atomic mass is 9.78. The molecule has 1 spiro atoms. The van der Waals surface area contributed by atoms with E-state index < -0.39 is 0 Å². The van der Waals surface area contributed by atoms with Crippen molar-refractivity contribution in [2.75, 3.05) is 13.1 Å². The van der Waals surface area contributed by atoms with Crippen molar-refractivity contribution in [2.45, 2.75) is 37.9 Å². The molecule has 0 N–H and O–H groups in total. The molecule has 1 aliphatic heterocycles. The van der Waals surface area contributed by atoms with Gasteiger partial charge in [0.2, 0.25) is 0 Å². The van der Waals surface area contributed by atoms with Gasteiger partial charge in [0.15, 0.2) is 0 Å². The van der Waals surface area contributed by atoms with Gasteiger partial charge in [0.25, 0.3) is 5.91 Å². The lowest BCUT2D eigenvalue weighted by molar-refractivity contribution is -0.176. The molecule has 2 fully saturated rings. The van der Waals surface area contributed by atoms with E-state index in [2.05, 4.69) is 10.3 Å². The van der Waals surface area contributed by atoms with Crippen molar-refractivity contribution in [3.8, 4) is 5.69 Å². The zero-order valence-electron chi connectivity index (χ0n) is 13.2. The van der Waals surface area contributed by atoms with Crippen LogP contribution in [0.3, 0.4) is 0 Å². The Labute approximate surface area is 135 Å². The summed E-state index contributed by atoms with van der Waals surface area (Å²) in [5.74, 6) is 0.0394. The van der Waals surface area contributed by atoms with Gasteiger partial charge in [0, 0.05) is 6.54 Å². The summed E-state index contributed by atoms with van der Waals surface area (Å²) in [5, 5.41) is 7.85. The van der Waals surface area contributed by atoms with Crippen molar-refractivity contribution < 1.29 is 9.53 Å². The summed E-state index contributed by atoms with van der Waals surface area (Å²) in [6.45, 7) is 3.36. The highest BCUT2D eigenvalue weighted by Gasteiger charge is 2.45. The summed E-state index contributed by atoms with van der Waals surface area (Å²) < 4.78 is 7.74. The van der Waals surface area contributed by atoms with Crippen LogP contribution in [0, 0.1) is 0 Å². The van der Waals surface area contributed by atoms with Gasteiger partial charge >= 0.3 is 0 Å². The zero-order valence-corrected chi connectivity index (χ0v) is 13.2. The van der Waals surface area contributed by atoms with Crippen molar-refractivity contribution in [2.24, 2.45) is 0 Å². The van der Waals surface area contributed by atoms with E-state index in [0.717, 1.165) is 18.5 Å². The van der Waals surface area contributed by atoms with Gasteiger partial charge in [-0.25, -0.2) is 4.68 Å². The largest absolute Gasteiger partial charge is 0.368 e. The van der Waals surface area contributed by atoms with Gasteiger partial charge in [-0.15, -0.1) is 5.10 Å². The van der Waals surface area contributed by atoms with Crippen molar-refractivity contribution in [3.05, 3.63) is 42.2 Å². The number of nitrogens with zero attached hydrogens (tertiary/aromatic N) is 4. The summed E-state index contributed by atoms with van der Waals surface area (Å²) in [5.41, 5.74) is 1.30. The smallest absolute Gasteiger partial charge is 0.256 e. The number of carbonyl (C=O) groups excluding carboxylic acids is 1. The van der Waals surface area contributed by atoms with Crippen LogP contribution in [-0.2, 0) is 4.74 Å². The van der Waals surface area contributed by atoms with Crippen LogP contribution in [0.5, 0.6) is 0 Å². The monoisotopic (exact) mass is 312 g/mol. The number of ether oxygens (including phenoxy) is 1. The van der Waals surface area contributed by atoms with Crippen LogP contribution in [0.25, 0.3) is 5.69 Å². The Balaban J connectivity index is 1.64. The zero-order chi connectivity index (χ0) is 15.9. The molecule has 6 nitrogen and oxygen atoms in total. The SMILES string of the molecule is CC1CN(C(=O)c2ccccc2-n2ccnn2)CC2(CCC2)O1. The number of carbonyl (C=O) groups is 1. The minimum atomic E-state index is -0.116. The Morgan fingerprint density at radius 2 is 2.17 bits per heavy atom. The average Bonchev–Trinajstić information content (AvgIpc) is 3.06. The molecule has 2 aliphatic rings. The topological polar surface area (TPSA) is 60.2 Å². The molecule has 0 bridgehead atoms. The Hall–Kier alpha value is -2.21. The van der Waals surface area contributed by atoms with E-state index >= 15 is 0 Å². The number of hydrogen-bond acceptors (Lipinski definition) is 4. The number of amides is 1.